The van der Waals surface area contributed by atoms with Gasteiger partial charge in [-0.15, -0.1) is 0 Å². The fourth-order valence-corrected chi connectivity index (χ4v) is 2.29. The van der Waals surface area contributed by atoms with Crippen LogP contribution in [0.25, 0.3) is 11.0 Å². The number of halogens is 1. The molecule has 1 unspecified atom stereocenters. The Morgan fingerprint density at radius 1 is 1.21 bits per heavy atom. The molecule has 2 aromatic heterocycles. The number of aromatic nitrogens is 3. The zero-order chi connectivity index (χ0) is 13.4. The highest BCUT2D eigenvalue weighted by molar-refractivity contribution is 5.78. The SMILES string of the molecule is CC(c1ccncc1)n1c(N)nc2cc(F)ccc21. The molecule has 0 aliphatic heterocycles. The van der Waals surface area contributed by atoms with Crippen molar-refractivity contribution < 1.29 is 4.39 Å². The second-order valence-corrected chi connectivity index (χ2v) is 4.43. The number of nitrogen functional groups attached to an aromatic ring is 1. The third-order valence-electron chi connectivity index (χ3n) is 3.25. The van der Waals surface area contributed by atoms with Gasteiger partial charge >= 0.3 is 0 Å². The van der Waals surface area contributed by atoms with Gasteiger partial charge in [-0.05, 0) is 36.8 Å². The van der Waals surface area contributed by atoms with E-state index in [9.17, 15) is 4.39 Å². The average molecular weight is 256 g/mol. The number of hydrogen-bond acceptors (Lipinski definition) is 3. The first-order valence-electron chi connectivity index (χ1n) is 5.99. The molecule has 3 rings (SSSR count). The van der Waals surface area contributed by atoms with Crippen molar-refractivity contribution >= 4 is 17.0 Å². The van der Waals surface area contributed by atoms with Gasteiger partial charge in [-0.2, -0.15) is 0 Å². The number of benzene rings is 1. The molecule has 0 radical (unpaired) electrons. The largest absolute Gasteiger partial charge is 0.369 e. The van der Waals surface area contributed by atoms with Crippen LogP contribution in [0.2, 0.25) is 0 Å². The van der Waals surface area contributed by atoms with Crippen LogP contribution in [0.5, 0.6) is 0 Å². The van der Waals surface area contributed by atoms with E-state index < -0.39 is 0 Å². The summed E-state index contributed by atoms with van der Waals surface area (Å²) in [4.78, 5) is 8.21. The number of anilines is 1. The lowest BCUT2D eigenvalue weighted by Crippen LogP contribution is -2.10. The summed E-state index contributed by atoms with van der Waals surface area (Å²) < 4.78 is 15.1. The van der Waals surface area contributed by atoms with Gasteiger partial charge in [-0.1, -0.05) is 0 Å². The Hall–Kier alpha value is -2.43. The predicted octanol–water partition coefficient (Wildman–Crippen LogP) is 2.76. The summed E-state index contributed by atoms with van der Waals surface area (Å²) in [6.07, 6.45) is 3.47. The normalized spacial score (nSPS) is 12.7. The Morgan fingerprint density at radius 2 is 1.95 bits per heavy atom. The van der Waals surface area contributed by atoms with Gasteiger partial charge in [-0.25, -0.2) is 9.37 Å². The molecule has 0 saturated carbocycles. The molecule has 5 heteroatoms. The highest BCUT2D eigenvalue weighted by atomic mass is 19.1. The molecule has 0 fully saturated rings. The molecule has 2 N–H and O–H groups in total. The lowest BCUT2D eigenvalue weighted by atomic mass is 10.1. The first-order chi connectivity index (χ1) is 9.16. The van der Waals surface area contributed by atoms with Crippen LogP contribution in [0.1, 0.15) is 18.5 Å². The number of rotatable bonds is 2. The highest BCUT2D eigenvalue weighted by Crippen LogP contribution is 2.27. The molecule has 96 valence electrons. The van der Waals surface area contributed by atoms with E-state index in [1.807, 2.05) is 23.6 Å². The molecule has 2 heterocycles. The zero-order valence-corrected chi connectivity index (χ0v) is 10.4. The number of pyridine rings is 1. The lowest BCUT2D eigenvalue weighted by molar-refractivity contribution is 0.628. The molecule has 19 heavy (non-hydrogen) atoms. The van der Waals surface area contributed by atoms with Crippen molar-refractivity contribution in [2.75, 3.05) is 5.73 Å². The molecule has 0 amide bonds. The Labute approximate surface area is 109 Å². The molecule has 1 aromatic carbocycles. The molecule has 0 aliphatic carbocycles. The zero-order valence-electron chi connectivity index (χ0n) is 10.4. The fraction of sp³-hybridized carbons (Fsp3) is 0.143. The third kappa shape index (κ3) is 1.93. The Bertz CT molecular complexity index is 721. The molecule has 0 saturated heterocycles. The number of fused-ring (bicyclic) bond motifs is 1. The van der Waals surface area contributed by atoms with E-state index in [1.54, 1.807) is 18.5 Å². The number of nitrogens with zero attached hydrogens (tertiary/aromatic N) is 3. The van der Waals surface area contributed by atoms with Crippen molar-refractivity contribution in [2.24, 2.45) is 0 Å². The molecule has 0 spiro atoms. The van der Waals surface area contributed by atoms with Crippen LogP contribution in [0.15, 0.2) is 42.7 Å². The maximum Gasteiger partial charge on any atom is 0.201 e. The minimum absolute atomic E-state index is 0.0125. The molecule has 0 bridgehead atoms. The summed E-state index contributed by atoms with van der Waals surface area (Å²) >= 11 is 0. The van der Waals surface area contributed by atoms with Crippen molar-refractivity contribution in [3.63, 3.8) is 0 Å². The highest BCUT2D eigenvalue weighted by Gasteiger charge is 2.15. The number of hydrogen-bond donors (Lipinski definition) is 1. The quantitative estimate of drug-likeness (QED) is 0.767. The lowest BCUT2D eigenvalue weighted by Gasteiger charge is -2.16. The second kappa shape index (κ2) is 4.35. The van der Waals surface area contributed by atoms with E-state index >= 15 is 0 Å². The molecule has 1 atom stereocenters. The van der Waals surface area contributed by atoms with Gasteiger partial charge in [0.1, 0.15) is 5.82 Å². The van der Waals surface area contributed by atoms with Crippen LogP contribution in [0.3, 0.4) is 0 Å². The summed E-state index contributed by atoms with van der Waals surface area (Å²) in [5, 5.41) is 0. The van der Waals surface area contributed by atoms with Crippen LogP contribution < -0.4 is 5.73 Å². The minimum atomic E-state index is -0.311. The summed E-state index contributed by atoms with van der Waals surface area (Å²) in [5.74, 6) is 0.0682. The van der Waals surface area contributed by atoms with Crippen LogP contribution in [0.4, 0.5) is 10.3 Å². The number of imidazole rings is 1. The van der Waals surface area contributed by atoms with Gasteiger partial charge in [-0.3, -0.25) is 4.98 Å². The van der Waals surface area contributed by atoms with Crippen molar-refractivity contribution in [1.29, 1.82) is 0 Å². The maximum absolute atomic E-state index is 13.2. The maximum atomic E-state index is 13.2. The molecular weight excluding hydrogens is 243 g/mol. The van der Waals surface area contributed by atoms with Gasteiger partial charge in [0, 0.05) is 18.5 Å². The van der Waals surface area contributed by atoms with Gasteiger partial charge in [0.25, 0.3) is 0 Å². The topological polar surface area (TPSA) is 56.7 Å². The first-order valence-corrected chi connectivity index (χ1v) is 5.99. The van der Waals surface area contributed by atoms with E-state index in [2.05, 4.69) is 9.97 Å². The van der Waals surface area contributed by atoms with Crippen molar-refractivity contribution in [3.8, 4) is 0 Å². The van der Waals surface area contributed by atoms with E-state index in [4.69, 9.17) is 5.73 Å². The summed E-state index contributed by atoms with van der Waals surface area (Å²) in [6.45, 7) is 2.02. The molecule has 3 aromatic rings. The minimum Gasteiger partial charge on any atom is -0.369 e. The van der Waals surface area contributed by atoms with E-state index in [1.165, 1.54) is 12.1 Å². The summed E-state index contributed by atoms with van der Waals surface area (Å²) in [5.41, 5.74) is 8.42. The number of nitrogens with two attached hydrogens (primary N) is 1. The van der Waals surface area contributed by atoms with Crippen molar-refractivity contribution in [1.82, 2.24) is 14.5 Å². The van der Waals surface area contributed by atoms with E-state index in [0.29, 0.717) is 11.5 Å². The van der Waals surface area contributed by atoms with Gasteiger partial charge in [0.15, 0.2) is 0 Å². The van der Waals surface area contributed by atoms with Crippen LogP contribution in [-0.2, 0) is 0 Å². The summed E-state index contributed by atoms with van der Waals surface area (Å²) in [7, 11) is 0. The Kier molecular flexibility index (Phi) is 2.67. The Balaban J connectivity index is 2.17. The van der Waals surface area contributed by atoms with Crippen molar-refractivity contribution in [2.45, 2.75) is 13.0 Å². The molecular formula is C14H13FN4. The predicted molar refractivity (Wildman–Crippen MR) is 72.2 cm³/mol. The standard InChI is InChI=1S/C14H13FN4/c1-9(10-4-6-17-7-5-10)19-13-3-2-11(15)8-12(13)18-14(19)16/h2-9H,1H3,(H2,16,18). The van der Waals surface area contributed by atoms with Gasteiger partial charge in [0.05, 0.1) is 17.1 Å². The average Bonchev–Trinajstić information content (AvgIpc) is 2.74. The Morgan fingerprint density at radius 3 is 2.68 bits per heavy atom. The third-order valence-corrected chi connectivity index (χ3v) is 3.25. The smallest absolute Gasteiger partial charge is 0.201 e. The van der Waals surface area contributed by atoms with Crippen LogP contribution >= 0.6 is 0 Å². The van der Waals surface area contributed by atoms with Crippen molar-refractivity contribution in [3.05, 3.63) is 54.1 Å². The molecule has 0 aliphatic rings. The van der Waals surface area contributed by atoms with E-state index in [-0.39, 0.29) is 11.9 Å². The monoisotopic (exact) mass is 256 g/mol. The van der Waals surface area contributed by atoms with Gasteiger partial charge in [0.2, 0.25) is 5.95 Å². The first kappa shape index (κ1) is 11.6. The van der Waals surface area contributed by atoms with E-state index in [0.717, 1.165) is 11.1 Å². The molecule has 4 nitrogen and oxygen atoms in total. The second-order valence-electron chi connectivity index (χ2n) is 4.43. The summed E-state index contributed by atoms with van der Waals surface area (Å²) in [6, 6.07) is 8.38. The van der Waals surface area contributed by atoms with Crippen LogP contribution in [-0.4, -0.2) is 14.5 Å². The van der Waals surface area contributed by atoms with Crippen LogP contribution in [0, 0.1) is 5.82 Å². The fourth-order valence-electron chi connectivity index (χ4n) is 2.29. The van der Waals surface area contributed by atoms with Gasteiger partial charge < -0.3 is 10.3 Å².